The maximum atomic E-state index is 12.6. The maximum absolute atomic E-state index is 12.6. The minimum atomic E-state index is -4.37. The number of hydrogen-bond donors (Lipinski definition) is 1. The molecule has 2 aromatic rings. The maximum Gasteiger partial charge on any atom is 0.416 e. The van der Waals surface area contributed by atoms with Gasteiger partial charge >= 0.3 is 6.18 Å². The van der Waals surface area contributed by atoms with Gasteiger partial charge in [0.2, 0.25) is 0 Å². The summed E-state index contributed by atoms with van der Waals surface area (Å²) in [5.74, 6) is 0. The Hall–Kier alpha value is -1.40. The number of alkyl halides is 3. The normalized spacial score (nSPS) is 13.6. The van der Waals surface area contributed by atoms with Crippen molar-refractivity contribution in [1.82, 2.24) is 4.98 Å². The van der Waals surface area contributed by atoms with Gasteiger partial charge in [0.15, 0.2) is 0 Å². The summed E-state index contributed by atoms with van der Waals surface area (Å²) in [6, 6.07) is 3.32. The second-order valence-corrected chi connectivity index (χ2v) is 5.33. The summed E-state index contributed by atoms with van der Waals surface area (Å²) < 4.78 is 37.7. The highest BCUT2D eigenvalue weighted by Crippen LogP contribution is 2.33. The molecule has 0 saturated heterocycles. The molecule has 19 heavy (non-hydrogen) atoms. The summed E-state index contributed by atoms with van der Waals surface area (Å²) in [6.07, 6.45) is -5.36. The van der Waals surface area contributed by atoms with Crippen molar-refractivity contribution in [2.75, 3.05) is 0 Å². The summed E-state index contributed by atoms with van der Waals surface area (Å²) in [7, 11) is 0. The minimum Gasteiger partial charge on any atom is -0.382 e. The molecule has 2 nitrogen and oxygen atoms in total. The van der Waals surface area contributed by atoms with Crippen LogP contribution in [0, 0.1) is 13.8 Å². The Labute approximate surface area is 112 Å². The van der Waals surface area contributed by atoms with Gasteiger partial charge < -0.3 is 5.11 Å². The fraction of sp³-hybridized carbons (Fsp3) is 0.308. The van der Waals surface area contributed by atoms with Gasteiger partial charge in [0.25, 0.3) is 0 Å². The Kier molecular flexibility index (Phi) is 3.64. The monoisotopic (exact) mass is 287 g/mol. The van der Waals surface area contributed by atoms with Crippen LogP contribution in [0.4, 0.5) is 13.2 Å². The zero-order valence-corrected chi connectivity index (χ0v) is 11.1. The van der Waals surface area contributed by atoms with Crippen molar-refractivity contribution in [3.63, 3.8) is 0 Å². The molecule has 102 valence electrons. The molecule has 0 aliphatic carbocycles. The van der Waals surface area contributed by atoms with Crippen LogP contribution < -0.4 is 0 Å². The first kappa shape index (κ1) is 14.0. The van der Waals surface area contributed by atoms with E-state index in [0.717, 1.165) is 17.1 Å². The standard InChI is InChI=1S/C13H12F3NOS/c1-7-5-9(13(14,15)16)3-4-10(7)12(18)11-6-19-8(2)17-11/h3-6,12,18H,1-2H3. The van der Waals surface area contributed by atoms with Crippen molar-refractivity contribution in [3.8, 4) is 0 Å². The number of aliphatic hydroxyl groups excluding tert-OH is 1. The smallest absolute Gasteiger partial charge is 0.382 e. The Morgan fingerprint density at radius 1 is 1.26 bits per heavy atom. The van der Waals surface area contributed by atoms with Crippen LogP contribution in [0.2, 0.25) is 0 Å². The van der Waals surface area contributed by atoms with E-state index in [1.54, 1.807) is 19.2 Å². The molecule has 1 atom stereocenters. The molecule has 6 heteroatoms. The first-order valence-electron chi connectivity index (χ1n) is 5.57. The van der Waals surface area contributed by atoms with E-state index in [1.165, 1.54) is 17.4 Å². The summed E-state index contributed by atoms with van der Waals surface area (Å²) >= 11 is 1.39. The Bertz CT molecular complexity index is 592. The van der Waals surface area contributed by atoms with E-state index < -0.39 is 17.8 Å². The van der Waals surface area contributed by atoms with Gasteiger partial charge in [-0.2, -0.15) is 13.2 Å². The third-order valence-corrected chi connectivity index (χ3v) is 3.60. The van der Waals surface area contributed by atoms with E-state index in [2.05, 4.69) is 4.98 Å². The number of aliphatic hydroxyl groups is 1. The third kappa shape index (κ3) is 2.96. The first-order valence-corrected chi connectivity index (χ1v) is 6.45. The molecule has 1 heterocycles. The van der Waals surface area contributed by atoms with Gasteiger partial charge in [-0.15, -0.1) is 11.3 Å². The van der Waals surface area contributed by atoms with Gasteiger partial charge in [-0.05, 0) is 37.1 Å². The van der Waals surface area contributed by atoms with Gasteiger partial charge in [0.05, 0.1) is 16.3 Å². The van der Waals surface area contributed by atoms with Crippen molar-refractivity contribution in [2.24, 2.45) is 0 Å². The van der Waals surface area contributed by atoms with Crippen LogP contribution in [-0.2, 0) is 6.18 Å². The van der Waals surface area contributed by atoms with Crippen LogP contribution in [0.3, 0.4) is 0 Å². The topological polar surface area (TPSA) is 33.1 Å². The number of rotatable bonds is 2. The lowest BCUT2D eigenvalue weighted by Gasteiger charge is -2.14. The van der Waals surface area contributed by atoms with Gasteiger partial charge in [-0.25, -0.2) is 4.98 Å². The highest BCUT2D eigenvalue weighted by Gasteiger charge is 2.31. The van der Waals surface area contributed by atoms with E-state index in [0.29, 0.717) is 16.8 Å². The van der Waals surface area contributed by atoms with Gasteiger partial charge in [-0.1, -0.05) is 6.07 Å². The summed E-state index contributed by atoms with van der Waals surface area (Å²) in [5, 5.41) is 12.7. The molecule has 0 radical (unpaired) electrons. The minimum absolute atomic E-state index is 0.396. The van der Waals surface area contributed by atoms with Crippen LogP contribution >= 0.6 is 11.3 Å². The highest BCUT2D eigenvalue weighted by atomic mass is 32.1. The Morgan fingerprint density at radius 2 is 1.95 bits per heavy atom. The predicted octanol–water partition coefficient (Wildman–Crippen LogP) is 3.86. The molecule has 0 aliphatic rings. The van der Waals surface area contributed by atoms with Crippen molar-refractivity contribution in [1.29, 1.82) is 0 Å². The molecule has 0 spiro atoms. The molecular formula is C13H12F3NOS. The second kappa shape index (κ2) is 4.94. The average molecular weight is 287 g/mol. The number of hydrogen-bond acceptors (Lipinski definition) is 3. The van der Waals surface area contributed by atoms with E-state index in [-0.39, 0.29) is 0 Å². The molecule has 0 bridgehead atoms. The molecule has 1 aromatic carbocycles. The van der Waals surface area contributed by atoms with Crippen LogP contribution in [0.1, 0.15) is 33.5 Å². The lowest BCUT2D eigenvalue weighted by molar-refractivity contribution is -0.137. The molecule has 0 fully saturated rings. The zero-order valence-electron chi connectivity index (χ0n) is 10.3. The quantitative estimate of drug-likeness (QED) is 0.909. The molecular weight excluding hydrogens is 275 g/mol. The Balaban J connectivity index is 2.36. The SMILES string of the molecule is Cc1nc(C(O)c2ccc(C(F)(F)F)cc2C)cs1. The lowest BCUT2D eigenvalue weighted by atomic mass is 9.99. The molecule has 0 aliphatic heterocycles. The summed E-state index contributed by atoms with van der Waals surface area (Å²) in [5.41, 5.74) is 0.590. The molecule has 1 unspecified atom stereocenters. The van der Waals surface area contributed by atoms with Gasteiger partial charge in [-0.3, -0.25) is 0 Å². The van der Waals surface area contributed by atoms with Crippen molar-refractivity contribution in [2.45, 2.75) is 26.1 Å². The van der Waals surface area contributed by atoms with Crippen LogP contribution in [-0.4, -0.2) is 10.1 Å². The van der Waals surface area contributed by atoms with Crippen LogP contribution in [0.5, 0.6) is 0 Å². The van der Waals surface area contributed by atoms with Gasteiger partial charge in [0.1, 0.15) is 6.10 Å². The predicted molar refractivity (Wildman–Crippen MR) is 67.1 cm³/mol. The first-order chi connectivity index (χ1) is 8.79. The fourth-order valence-electron chi connectivity index (χ4n) is 1.82. The Morgan fingerprint density at radius 3 is 2.42 bits per heavy atom. The van der Waals surface area contributed by atoms with Crippen molar-refractivity contribution >= 4 is 11.3 Å². The largest absolute Gasteiger partial charge is 0.416 e. The zero-order chi connectivity index (χ0) is 14.2. The average Bonchev–Trinajstić information content (AvgIpc) is 2.73. The number of aryl methyl sites for hydroxylation is 2. The lowest BCUT2D eigenvalue weighted by Crippen LogP contribution is -2.08. The fourth-order valence-corrected chi connectivity index (χ4v) is 2.45. The molecule has 0 amide bonds. The summed E-state index contributed by atoms with van der Waals surface area (Å²) in [4.78, 5) is 4.15. The van der Waals surface area contributed by atoms with Crippen LogP contribution in [0.25, 0.3) is 0 Å². The second-order valence-electron chi connectivity index (χ2n) is 4.26. The van der Waals surface area contributed by atoms with E-state index in [9.17, 15) is 18.3 Å². The van der Waals surface area contributed by atoms with Crippen molar-refractivity contribution in [3.05, 3.63) is 51.0 Å². The molecule has 0 saturated carbocycles. The summed E-state index contributed by atoms with van der Waals surface area (Å²) in [6.45, 7) is 3.35. The molecule has 2 rings (SSSR count). The molecule has 1 N–H and O–H groups in total. The van der Waals surface area contributed by atoms with Gasteiger partial charge in [0, 0.05) is 5.38 Å². The van der Waals surface area contributed by atoms with E-state index in [4.69, 9.17) is 0 Å². The van der Waals surface area contributed by atoms with Crippen LogP contribution in [0.15, 0.2) is 23.6 Å². The molecule has 1 aromatic heterocycles. The third-order valence-electron chi connectivity index (χ3n) is 2.81. The van der Waals surface area contributed by atoms with Crippen molar-refractivity contribution < 1.29 is 18.3 Å². The number of aromatic nitrogens is 1. The number of thiazole rings is 1. The van der Waals surface area contributed by atoms with E-state index in [1.807, 2.05) is 0 Å². The number of nitrogens with zero attached hydrogens (tertiary/aromatic N) is 1. The number of benzene rings is 1. The number of halogens is 3. The highest BCUT2D eigenvalue weighted by molar-refractivity contribution is 7.09. The van der Waals surface area contributed by atoms with E-state index >= 15 is 0 Å².